The third-order valence-electron chi connectivity index (χ3n) is 9.81. The minimum Gasteiger partial charge on any atom is -0.347 e. The van der Waals surface area contributed by atoms with Gasteiger partial charge >= 0.3 is 6.03 Å². The average Bonchev–Trinajstić information content (AvgIpc) is 3.66. The van der Waals surface area contributed by atoms with E-state index < -0.39 is 58.7 Å². The molecule has 0 unspecified atom stereocenters. The number of amides is 5. The number of carbonyl (C=O) groups excluding carboxylic acids is 5. The summed E-state index contributed by atoms with van der Waals surface area (Å²) in [6.07, 6.45) is 10.2. The van der Waals surface area contributed by atoms with E-state index in [4.69, 9.17) is 4.84 Å². The molecule has 1 aromatic carbocycles. The van der Waals surface area contributed by atoms with Gasteiger partial charge in [0, 0.05) is 19.0 Å². The number of carbonyl (C=O) groups is 5. The fourth-order valence-electron chi connectivity index (χ4n) is 6.88. The van der Waals surface area contributed by atoms with Crippen molar-refractivity contribution >= 4 is 35.2 Å². The fraction of sp³-hybridized carbons (Fsp3) is 0.639. The summed E-state index contributed by atoms with van der Waals surface area (Å²) in [6.45, 7) is 8.06. The lowest BCUT2D eigenvalue weighted by Gasteiger charge is -2.35. The van der Waals surface area contributed by atoms with Crippen LogP contribution in [0.2, 0.25) is 0 Å². The molecule has 2 aliphatic heterocycles. The van der Waals surface area contributed by atoms with Gasteiger partial charge in [0.15, 0.2) is 0 Å². The summed E-state index contributed by atoms with van der Waals surface area (Å²) in [6, 6.07) is 6.15. The predicted octanol–water partition coefficient (Wildman–Crippen LogP) is 3.33. The van der Waals surface area contributed by atoms with Gasteiger partial charge in [-0.3, -0.25) is 29.5 Å². The molecule has 3 fully saturated rings. The molecule has 0 radical (unpaired) electrons. The van der Waals surface area contributed by atoms with E-state index in [1.807, 2.05) is 64.1 Å². The van der Waals surface area contributed by atoms with Crippen molar-refractivity contribution in [3.05, 3.63) is 42.0 Å². The van der Waals surface area contributed by atoms with Gasteiger partial charge in [-0.25, -0.2) is 4.79 Å². The van der Waals surface area contributed by atoms with E-state index in [2.05, 4.69) is 26.7 Å². The minimum atomic E-state index is -1.04. The van der Waals surface area contributed by atoms with Crippen LogP contribution in [0, 0.1) is 11.3 Å². The lowest BCUT2D eigenvalue weighted by molar-refractivity contribution is -0.144. The van der Waals surface area contributed by atoms with Crippen molar-refractivity contribution in [1.82, 2.24) is 31.6 Å². The Morgan fingerprint density at radius 2 is 1.71 bits per heavy atom. The predicted molar refractivity (Wildman–Crippen MR) is 181 cm³/mol. The molecule has 0 bridgehead atoms. The van der Waals surface area contributed by atoms with Crippen LogP contribution >= 0.6 is 0 Å². The van der Waals surface area contributed by atoms with E-state index in [0.717, 1.165) is 44.1 Å². The summed E-state index contributed by atoms with van der Waals surface area (Å²) < 4.78 is 0. The lowest BCUT2D eigenvalue weighted by Crippen LogP contribution is -2.60. The second-order valence-electron chi connectivity index (χ2n) is 15.0. The van der Waals surface area contributed by atoms with Gasteiger partial charge in [-0.2, -0.15) is 0 Å². The number of nitrogens with one attached hydrogen (secondary N) is 5. The summed E-state index contributed by atoms with van der Waals surface area (Å²) >= 11 is 0. The first-order valence-corrected chi connectivity index (χ1v) is 17.6. The van der Waals surface area contributed by atoms with E-state index in [9.17, 15) is 24.0 Å². The number of hydrogen-bond donors (Lipinski definition) is 5. The van der Waals surface area contributed by atoms with Crippen molar-refractivity contribution in [3.63, 3.8) is 0 Å². The maximum atomic E-state index is 14.5. The first kappa shape index (κ1) is 35.4. The number of likely N-dealkylation sites (tertiary alicyclic amines) is 1. The largest absolute Gasteiger partial charge is 0.347 e. The Bertz CT molecular complexity index is 1380. The van der Waals surface area contributed by atoms with Gasteiger partial charge in [0.2, 0.25) is 17.6 Å². The Morgan fingerprint density at radius 3 is 2.35 bits per heavy atom. The first-order valence-electron chi connectivity index (χ1n) is 17.6. The molecule has 262 valence electrons. The molecule has 12 nitrogen and oxygen atoms in total. The summed E-state index contributed by atoms with van der Waals surface area (Å²) in [5, 5.41) is 11.4. The molecule has 48 heavy (non-hydrogen) atoms. The van der Waals surface area contributed by atoms with Gasteiger partial charge < -0.3 is 26.2 Å². The van der Waals surface area contributed by atoms with Crippen LogP contribution in [0.15, 0.2) is 36.4 Å². The van der Waals surface area contributed by atoms with Gasteiger partial charge in [-0.1, -0.05) is 83.7 Å². The Hall–Kier alpha value is -3.93. The van der Waals surface area contributed by atoms with Crippen LogP contribution < -0.4 is 26.7 Å². The number of hydrogen-bond acceptors (Lipinski definition) is 7. The van der Waals surface area contributed by atoms with Crippen molar-refractivity contribution in [2.45, 2.75) is 122 Å². The maximum absolute atomic E-state index is 14.5. The van der Waals surface area contributed by atoms with E-state index >= 15 is 0 Å². The van der Waals surface area contributed by atoms with Crippen molar-refractivity contribution < 1.29 is 28.8 Å². The molecular formula is C36H52N6O6. The van der Waals surface area contributed by atoms with E-state index in [-0.39, 0.29) is 25.4 Å². The number of hydroxylamine groups is 1. The van der Waals surface area contributed by atoms with E-state index in [1.165, 1.54) is 11.3 Å². The summed E-state index contributed by atoms with van der Waals surface area (Å²) in [5.74, 6) is -1.96. The zero-order chi connectivity index (χ0) is 34.5. The van der Waals surface area contributed by atoms with Crippen LogP contribution in [0.3, 0.4) is 0 Å². The van der Waals surface area contributed by atoms with Crippen LogP contribution in [-0.2, 0) is 24.0 Å². The van der Waals surface area contributed by atoms with Gasteiger partial charge in [0.25, 0.3) is 5.91 Å². The number of benzene rings is 1. The van der Waals surface area contributed by atoms with Crippen molar-refractivity contribution in [1.29, 1.82) is 0 Å². The quantitative estimate of drug-likeness (QED) is 0.215. The zero-order valence-corrected chi connectivity index (χ0v) is 28.7. The normalized spacial score (nSPS) is 23.9. The topological polar surface area (TPSA) is 158 Å². The molecule has 1 aromatic rings. The third-order valence-corrected chi connectivity index (χ3v) is 9.81. The number of nitrogens with zero attached hydrogens (tertiary/aromatic N) is 1. The fourth-order valence-corrected chi connectivity index (χ4v) is 6.88. The van der Waals surface area contributed by atoms with Crippen LogP contribution in [0.1, 0.15) is 97.5 Å². The highest BCUT2D eigenvalue weighted by Gasteiger charge is 2.54. The van der Waals surface area contributed by atoms with Gasteiger partial charge in [0.1, 0.15) is 17.7 Å². The molecule has 1 saturated heterocycles. The highest BCUT2D eigenvalue weighted by molar-refractivity contribution is 6.38. The number of urea groups is 1. The average molecular weight is 665 g/mol. The van der Waals surface area contributed by atoms with Crippen molar-refractivity contribution in [2.24, 2.45) is 11.3 Å². The molecular weight excluding hydrogens is 612 g/mol. The van der Waals surface area contributed by atoms with Crippen molar-refractivity contribution in [3.8, 4) is 0 Å². The maximum Gasteiger partial charge on any atom is 0.315 e. The molecule has 0 aromatic heterocycles. The van der Waals surface area contributed by atoms with Gasteiger partial charge in [-0.05, 0) is 55.1 Å². The summed E-state index contributed by atoms with van der Waals surface area (Å²) in [7, 11) is 0. The number of ketones is 1. The van der Waals surface area contributed by atoms with Crippen LogP contribution in [-0.4, -0.2) is 77.3 Å². The zero-order valence-electron chi connectivity index (χ0n) is 28.7. The second-order valence-corrected chi connectivity index (χ2v) is 15.0. The van der Waals surface area contributed by atoms with Crippen LogP contribution in [0.25, 0.3) is 5.70 Å². The molecule has 5 N–H and O–H groups in total. The molecule has 12 heteroatoms. The van der Waals surface area contributed by atoms with Crippen LogP contribution in [0.4, 0.5) is 4.79 Å². The molecule has 4 atom stereocenters. The summed E-state index contributed by atoms with van der Waals surface area (Å²) in [4.78, 5) is 75.1. The minimum absolute atomic E-state index is 0.00143. The van der Waals surface area contributed by atoms with Crippen molar-refractivity contribution in [2.75, 3.05) is 13.1 Å². The van der Waals surface area contributed by atoms with Gasteiger partial charge in [0.05, 0.1) is 18.3 Å². The second kappa shape index (κ2) is 15.1. The molecule has 5 amide bonds. The molecule has 2 heterocycles. The third kappa shape index (κ3) is 8.75. The van der Waals surface area contributed by atoms with Gasteiger partial charge in [-0.15, -0.1) is 0 Å². The molecule has 4 aliphatic rings. The van der Waals surface area contributed by atoms with E-state index in [0.29, 0.717) is 24.6 Å². The molecule has 2 saturated carbocycles. The molecule has 2 aliphatic carbocycles. The molecule has 5 rings (SSSR count). The Labute approximate surface area is 283 Å². The van der Waals surface area contributed by atoms with E-state index in [1.54, 1.807) is 0 Å². The Balaban J connectivity index is 1.37. The standard InChI is InChI=1S/C36H52N6O6/c1-5-12-26(29(43)32(45)38-25-17-18-25)39-31(44)28-20-36(19-27(41-48-36)24-15-10-7-11-16-24)22-42(28)33(46)30(35(2,3)4)40-34(47)37-21-23-13-8-6-9-14-23/h7,10-11,15-16,19,23,25-26,28,30,41H,5-6,8-9,12-14,17-18,20-22H2,1-4H3,(H,38,45)(H,39,44)(H2,37,40,47)/t26-,28-,30+,36+/m0/s1. The highest BCUT2D eigenvalue weighted by atomic mass is 16.7. The molecule has 1 spiro atoms. The lowest BCUT2D eigenvalue weighted by atomic mass is 9.85. The monoisotopic (exact) mass is 664 g/mol. The smallest absolute Gasteiger partial charge is 0.315 e. The van der Waals surface area contributed by atoms with Crippen LogP contribution in [0.5, 0.6) is 0 Å². The summed E-state index contributed by atoms with van der Waals surface area (Å²) in [5.41, 5.74) is 2.85. The Morgan fingerprint density at radius 1 is 1.00 bits per heavy atom. The first-order chi connectivity index (χ1) is 22.9. The number of rotatable bonds is 12. The Kier molecular flexibility index (Phi) is 11.1. The number of Topliss-reactive ketones (excluding diaryl/α,β-unsaturated/α-hetero) is 1. The highest BCUT2D eigenvalue weighted by Crippen LogP contribution is 2.39. The SMILES string of the molecule is CCC[C@H](NC(=O)[C@@H]1C[C@]2(C=C(c3ccccc3)NO2)CN1C(=O)[C@@H](NC(=O)NCC1CCCCC1)C(C)(C)C)C(=O)C(=O)NC1CC1.